The third-order valence-electron chi connectivity index (χ3n) is 3.75. The van der Waals surface area contributed by atoms with E-state index in [9.17, 15) is 4.79 Å². The highest BCUT2D eigenvalue weighted by Gasteiger charge is 2.19. The number of H-pyrrole nitrogens is 1. The summed E-state index contributed by atoms with van der Waals surface area (Å²) in [6.07, 6.45) is 1.42. The molecule has 112 valence electrons. The molecule has 2 heterocycles. The molecule has 3 aromatic rings. The van der Waals surface area contributed by atoms with Gasteiger partial charge in [0.2, 0.25) is 0 Å². The van der Waals surface area contributed by atoms with Gasteiger partial charge in [0.05, 0.1) is 22.8 Å². The minimum Gasteiger partial charge on any atom is -0.342 e. The van der Waals surface area contributed by atoms with Crippen molar-refractivity contribution in [1.82, 2.24) is 25.5 Å². The van der Waals surface area contributed by atoms with Crippen LogP contribution >= 0.6 is 0 Å². The van der Waals surface area contributed by atoms with Crippen LogP contribution < -0.4 is 5.32 Å². The smallest absolute Gasteiger partial charge is 0.253 e. The van der Waals surface area contributed by atoms with E-state index >= 15 is 0 Å². The van der Waals surface area contributed by atoms with Crippen molar-refractivity contribution in [3.63, 3.8) is 0 Å². The third kappa shape index (κ3) is 2.43. The monoisotopic (exact) mass is 295 g/mol. The van der Waals surface area contributed by atoms with E-state index in [1.165, 1.54) is 6.33 Å². The first-order valence-corrected chi connectivity index (χ1v) is 7.10. The summed E-state index contributed by atoms with van der Waals surface area (Å²) in [6, 6.07) is 7.58. The lowest BCUT2D eigenvalue weighted by atomic mass is 10.0. The maximum atomic E-state index is 12.6. The number of para-hydroxylation sites is 1. The lowest BCUT2D eigenvalue weighted by Gasteiger charge is -2.15. The molecule has 1 amide bonds. The zero-order chi connectivity index (χ0) is 15.7. The first-order chi connectivity index (χ1) is 10.6. The van der Waals surface area contributed by atoms with E-state index < -0.39 is 0 Å². The Morgan fingerprint density at radius 1 is 1.27 bits per heavy atom. The lowest BCUT2D eigenvalue weighted by Crippen LogP contribution is -2.29. The predicted octanol–water partition coefficient (Wildman–Crippen LogP) is 2.46. The van der Waals surface area contributed by atoms with Crippen molar-refractivity contribution in [2.45, 2.75) is 26.8 Å². The van der Waals surface area contributed by atoms with Crippen molar-refractivity contribution in [3.05, 3.63) is 53.2 Å². The first kappa shape index (κ1) is 14.2. The molecule has 0 unspecified atom stereocenters. The van der Waals surface area contributed by atoms with E-state index in [2.05, 4.69) is 25.5 Å². The Morgan fingerprint density at radius 2 is 2.05 bits per heavy atom. The topological polar surface area (TPSA) is 83.6 Å². The van der Waals surface area contributed by atoms with E-state index in [1.807, 2.05) is 45.0 Å². The Balaban J connectivity index is 1.97. The molecular formula is C16H17N5O. The minimum absolute atomic E-state index is 0.155. The number of aromatic nitrogens is 4. The van der Waals surface area contributed by atoms with Gasteiger partial charge in [-0.15, -0.1) is 0 Å². The number of rotatable bonds is 3. The van der Waals surface area contributed by atoms with Gasteiger partial charge >= 0.3 is 0 Å². The second-order valence-corrected chi connectivity index (χ2v) is 5.28. The van der Waals surface area contributed by atoms with Gasteiger partial charge in [0.25, 0.3) is 5.91 Å². The molecule has 0 saturated carbocycles. The second kappa shape index (κ2) is 5.55. The number of nitrogens with one attached hydrogen (secondary N) is 2. The number of pyridine rings is 1. The quantitative estimate of drug-likeness (QED) is 0.777. The molecule has 0 fully saturated rings. The molecule has 0 bridgehead atoms. The number of carbonyl (C=O) groups excluding carboxylic acids is 1. The summed E-state index contributed by atoms with van der Waals surface area (Å²) in [6.45, 7) is 5.66. The summed E-state index contributed by atoms with van der Waals surface area (Å²) in [7, 11) is 0. The molecule has 0 spiro atoms. The summed E-state index contributed by atoms with van der Waals surface area (Å²) >= 11 is 0. The van der Waals surface area contributed by atoms with Crippen LogP contribution in [0.2, 0.25) is 0 Å². The molecular weight excluding hydrogens is 278 g/mol. The summed E-state index contributed by atoms with van der Waals surface area (Å²) in [5, 5.41) is 10.5. The molecule has 3 rings (SSSR count). The number of benzene rings is 1. The van der Waals surface area contributed by atoms with E-state index in [0.717, 1.165) is 22.2 Å². The maximum absolute atomic E-state index is 12.6. The number of nitrogens with zero attached hydrogens (tertiary/aromatic N) is 3. The van der Waals surface area contributed by atoms with Gasteiger partial charge in [-0.2, -0.15) is 5.10 Å². The Labute approximate surface area is 128 Å². The van der Waals surface area contributed by atoms with Gasteiger partial charge in [-0.05, 0) is 32.4 Å². The minimum atomic E-state index is -0.250. The zero-order valence-corrected chi connectivity index (χ0v) is 12.7. The average molecular weight is 295 g/mol. The molecule has 6 heteroatoms. The fourth-order valence-electron chi connectivity index (χ4n) is 2.63. The van der Waals surface area contributed by atoms with Crippen molar-refractivity contribution in [2.24, 2.45) is 0 Å². The van der Waals surface area contributed by atoms with Crippen LogP contribution in [0.1, 0.15) is 40.4 Å². The predicted molar refractivity (Wildman–Crippen MR) is 83.5 cm³/mol. The van der Waals surface area contributed by atoms with Crippen molar-refractivity contribution >= 4 is 16.8 Å². The van der Waals surface area contributed by atoms with Crippen LogP contribution in [0, 0.1) is 13.8 Å². The normalized spacial score (nSPS) is 12.3. The van der Waals surface area contributed by atoms with Gasteiger partial charge < -0.3 is 5.32 Å². The van der Waals surface area contributed by atoms with Crippen LogP contribution in [-0.4, -0.2) is 26.1 Å². The van der Waals surface area contributed by atoms with Gasteiger partial charge in [0.1, 0.15) is 12.2 Å². The van der Waals surface area contributed by atoms with E-state index in [1.54, 1.807) is 0 Å². The molecule has 0 aliphatic rings. The molecule has 2 N–H and O–H groups in total. The first-order valence-electron chi connectivity index (χ1n) is 7.10. The molecule has 22 heavy (non-hydrogen) atoms. The molecule has 0 saturated heterocycles. The summed E-state index contributed by atoms with van der Waals surface area (Å²) in [4.78, 5) is 21.2. The van der Waals surface area contributed by atoms with Gasteiger partial charge in [-0.25, -0.2) is 4.98 Å². The van der Waals surface area contributed by atoms with Gasteiger partial charge in [0, 0.05) is 5.39 Å². The highest BCUT2D eigenvalue weighted by atomic mass is 16.1. The molecule has 1 aromatic carbocycles. The average Bonchev–Trinajstić information content (AvgIpc) is 3.01. The van der Waals surface area contributed by atoms with Gasteiger partial charge in [-0.3, -0.25) is 14.9 Å². The molecule has 0 aliphatic heterocycles. The van der Waals surface area contributed by atoms with Crippen molar-refractivity contribution < 1.29 is 4.79 Å². The largest absolute Gasteiger partial charge is 0.342 e. The summed E-state index contributed by atoms with van der Waals surface area (Å²) < 4.78 is 0. The van der Waals surface area contributed by atoms with Crippen molar-refractivity contribution in [3.8, 4) is 0 Å². The highest BCUT2D eigenvalue weighted by molar-refractivity contribution is 6.01. The van der Waals surface area contributed by atoms with Gasteiger partial charge in [0.15, 0.2) is 0 Å². The van der Waals surface area contributed by atoms with Crippen LogP contribution in [0.5, 0.6) is 0 Å². The lowest BCUT2D eigenvalue weighted by molar-refractivity contribution is 0.0937. The van der Waals surface area contributed by atoms with E-state index in [-0.39, 0.29) is 11.9 Å². The number of fused-ring (bicyclic) bond motifs is 1. The van der Waals surface area contributed by atoms with Crippen LogP contribution in [0.4, 0.5) is 0 Å². The zero-order valence-electron chi connectivity index (χ0n) is 12.7. The SMILES string of the molecule is Cc1nc2ccccc2c(C)c1C(=O)N[C@@H](C)c1ncn[nH]1. The number of hydrogen-bond acceptors (Lipinski definition) is 4. The number of carbonyl (C=O) groups is 1. The second-order valence-electron chi connectivity index (χ2n) is 5.28. The molecule has 0 radical (unpaired) electrons. The van der Waals surface area contributed by atoms with E-state index in [0.29, 0.717) is 11.4 Å². The molecule has 1 atom stereocenters. The number of hydrogen-bond donors (Lipinski definition) is 2. The maximum Gasteiger partial charge on any atom is 0.253 e. The Hall–Kier alpha value is -2.76. The van der Waals surface area contributed by atoms with Crippen molar-refractivity contribution in [1.29, 1.82) is 0 Å². The summed E-state index contributed by atoms with van der Waals surface area (Å²) in [5.41, 5.74) is 3.17. The Morgan fingerprint density at radius 3 is 2.77 bits per heavy atom. The molecule has 0 aliphatic carbocycles. The molecule has 6 nitrogen and oxygen atoms in total. The summed E-state index contributed by atoms with van der Waals surface area (Å²) in [5.74, 6) is 0.467. The van der Waals surface area contributed by atoms with E-state index in [4.69, 9.17) is 0 Å². The number of aryl methyl sites for hydroxylation is 2. The number of aromatic amines is 1. The Bertz CT molecular complexity index is 826. The number of amides is 1. The standard InChI is InChI=1S/C16H17N5O/c1-9-12-6-4-5-7-13(12)19-10(2)14(9)16(22)20-11(3)15-17-8-18-21-15/h4-8,11H,1-3H3,(H,20,22)(H,17,18,21)/t11-/m0/s1. The van der Waals surface area contributed by atoms with Crippen LogP contribution in [0.3, 0.4) is 0 Å². The fraction of sp³-hybridized carbons (Fsp3) is 0.250. The van der Waals surface area contributed by atoms with Gasteiger partial charge in [-0.1, -0.05) is 18.2 Å². The van der Waals surface area contributed by atoms with Crippen molar-refractivity contribution in [2.75, 3.05) is 0 Å². The molecule has 2 aromatic heterocycles. The fourth-order valence-corrected chi connectivity index (χ4v) is 2.63. The van der Waals surface area contributed by atoms with Crippen LogP contribution in [0.25, 0.3) is 10.9 Å². The third-order valence-corrected chi connectivity index (χ3v) is 3.75. The Kier molecular flexibility index (Phi) is 3.58. The van der Waals surface area contributed by atoms with Crippen LogP contribution in [-0.2, 0) is 0 Å². The van der Waals surface area contributed by atoms with Crippen LogP contribution in [0.15, 0.2) is 30.6 Å². The highest BCUT2D eigenvalue weighted by Crippen LogP contribution is 2.23.